The first kappa shape index (κ1) is 30.9. The number of aromatic nitrogens is 4. The first-order valence-corrected chi connectivity index (χ1v) is 15.5. The second-order valence-corrected chi connectivity index (χ2v) is 12.6. The van der Waals surface area contributed by atoms with Crippen LogP contribution < -0.4 is 15.0 Å². The number of anilines is 1. The van der Waals surface area contributed by atoms with Gasteiger partial charge in [-0.3, -0.25) is 9.36 Å². The Bertz CT molecular complexity index is 1530. The van der Waals surface area contributed by atoms with Gasteiger partial charge in [-0.2, -0.15) is 9.97 Å². The van der Waals surface area contributed by atoms with E-state index in [1.54, 1.807) is 51.1 Å². The van der Waals surface area contributed by atoms with Crippen LogP contribution >= 0.6 is 0 Å². The molecule has 0 bridgehead atoms. The minimum absolute atomic E-state index is 0.0403. The molecule has 14 heteroatoms. The van der Waals surface area contributed by atoms with Crippen molar-refractivity contribution in [3.8, 4) is 11.7 Å². The molecule has 1 saturated carbocycles. The third-order valence-electron chi connectivity index (χ3n) is 8.28. The molecule has 2 amide bonds. The van der Waals surface area contributed by atoms with Crippen LogP contribution in [0.25, 0.3) is 16.9 Å². The topological polar surface area (TPSA) is 124 Å². The second-order valence-electron chi connectivity index (χ2n) is 12.6. The van der Waals surface area contributed by atoms with Gasteiger partial charge >= 0.3 is 6.09 Å². The summed E-state index contributed by atoms with van der Waals surface area (Å²) in [6, 6.07) is 8.00. The molecule has 2 aliphatic heterocycles. The number of likely N-dealkylation sites (tertiary alicyclic amines) is 1. The number of carbonyl (C=O) groups is 2. The molecule has 3 aliphatic rings. The number of morpholine rings is 1. The lowest BCUT2D eigenvalue weighted by Gasteiger charge is -2.35. The average Bonchev–Trinajstić information content (AvgIpc) is 3.57. The quantitative estimate of drug-likeness (QED) is 0.406. The molecule has 45 heavy (non-hydrogen) atoms. The smallest absolute Gasteiger partial charge is 0.408 e. The summed E-state index contributed by atoms with van der Waals surface area (Å²) in [6.45, 7) is 8.05. The van der Waals surface area contributed by atoms with Crippen LogP contribution in [0.2, 0.25) is 0 Å². The van der Waals surface area contributed by atoms with E-state index in [0.717, 1.165) is 12.8 Å². The summed E-state index contributed by atoms with van der Waals surface area (Å²) < 4.78 is 46.9. The predicted molar refractivity (Wildman–Crippen MR) is 161 cm³/mol. The number of carbonyl (C=O) groups excluding carboxylic acids is 2. The fourth-order valence-corrected chi connectivity index (χ4v) is 6.21. The van der Waals surface area contributed by atoms with Crippen molar-refractivity contribution in [1.29, 1.82) is 0 Å². The van der Waals surface area contributed by atoms with Crippen molar-refractivity contribution >= 4 is 29.0 Å². The van der Waals surface area contributed by atoms with Crippen molar-refractivity contribution in [3.05, 3.63) is 36.2 Å². The van der Waals surface area contributed by atoms with Crippen LogP contribution in [0.1, 0.15) is 65.1 Å². The number of hydrogen-bond acceptors (Lipinski definition) is 9. The van der Waals surface area contributed by atoms with Crippen LogP contribution in [-0.4, -0.2) is 93.1 Å². The number of rotatable bonds is 7. The van der Waals surface area contributed by atoms with E-state index >= 15 is 0 Å². The highest BCUT2D eigenvalue weighted by Crippen LogP contribution is 2.32. The molecule has 1 atom stereocenters. The van der Waals surface area contributed by atoms with Crippen LogP contribution in [0.3, 0.4) is 0 Å². The van der Waals surface area contributed by atoms with Crippen molar-refractivity contribution in [3.63, 3.8) is 0 Å². The van der Waals surface area contributed by atoms with Crippen LogP contribution in [0.5, 0.6) is 5.88 Å². The van der Waals surface area contributed by atoms with Gasteiger partial charge in [-0.05, 0) is 65.0 Å². The van der Waals surface area contributed by atoms with Crippen LogP contribution in [0.4, 0.5) is 19.5 Å². The highest BCUT2D eigenvalue weighted by Gasteiger charge is 2.39. The Morgan fingerprint density at radius 2 is 1.76 bits per heavy atom. The van der Waals surface area contributed by atoms with Gasteiger partial charge in [0.2, 0.25) is 17.7 Å². The van der Waals surface area contributed by atoms with E-state index in [0.29, 0.717) is 75.0 Å². The number of hydrogen-bond donors (Lipinski definition) is 1. The zero-order valence-electron chi connectivity index (χ0n) is 25.7. The van der Waals surface area contributed by atoms with Crippen LogP contribution in [-0.2, 0) is 14.3 Å². The molecule has 1 N–H and O–H groups in total. The average molecular weight is 628 g/mol. The van der Waals surface area contributed by atoms with Crippen LogP contribution in [0.15, 0.2) is 30.3 Å². The minimum Gasteiger partial charge on any atom is -0.474 e. The predicted octanol–water partition coefficient (Wildman–Crippen LogP) is 4.41. The Labute approximate surface area is 260 Å². The third-order valence-corrected chi connectivity index (χ3v) is 8.28. The zero-order chi connectivity index (χ0) is 31.7. The van der Waals surface area contributed by atoms with Gasteiger partial charge in [0, 0.05) is 31.7 Å². The summed E-state index contributed by atoms with van der Waals surface area (Å²) in [4.78, 5) is 42.7. The standard InChI is InChI=1S/C31H39F2N7O5/c1-31(2,3)45-30(42)35-22-12-13-39(28(22)41)19-8-10-20(11-9-19)44-25-18-24(36-29(37-25)38-14-16-43-17-15-38)40-23-7-5-4-6-21(23)34-27(40)26(32)33/h4-7,18-20,22,26H,8-17H2,1-3H3,(H,35,42)/t19-,20-,22-/m0/s1. The molecular weight excluding hydrogens is 588 g/mol. The van der Waals surface area contributed by atoms with Crippen LogP contribution in [0, 0.1) is 0 Å². The Balaban J connectivity index is 1.17. The molecule has 6 rings (SSSR count). The molecule has 2 aromatic heterocycles. The van der Waals surface area contributed by atoms with Crippen molar-refractivity contribution in [2.24, 2.45) is 0 Å². The Morgan fingerprint density at radius 3 is 2.47 bits per heavy atom. The lowest BCUT2D eigenvalue weighted by molar-refractivity contribution is -0.132. The van der Waals surface area contributed by atoms with Crippen molar-refractivity contribution in [2.75, 3.05) is 37.7 Å². The van der Waals surface area contributed by atoms with Gasteiger partial charge < -0.3 is 29.3 Å². The van der Waals surface area contributed by atoms with Gasteiger partial charge in [0.05, 0.1) is 24.2 Å². The fourth-order valence-electron chi connectivity index (χ4n) is 6.21. The summed E-state index contributed by atoms with van der Waals surface area (Å²) >= 11 is 0. The number of halogens is 2. The molecule has 4 heterocycles. The summed E-state index contributed by atoms with van der Waals surface area (Å²) in [6.07, 6.45) is -0.231. The first-order valence-electron chi connectivity index (χ1n) is 15.5. The number of fused-ring (bicyclic) bond motifs is 1. The second kappa shape index (κ2) is 12.7. The molecule has 1 aliphatic carbocycles. The SMILES string of the molecule is CC(C)(C)OC(=O)N[C@H]1CCN([C@H]2CC[C@H](Oc3cc(-n4c(C(F)F)nc5ccccc54)nc(N4CCOCC4)n3)CC2)C1=O. The van der Waals surface area contributed by atoms with E-state index < -0.39 is 30.0 Å². The summed E-state index contributed by atoms with van der Waals surface area (Å²) in [5.74, 6) is 0.433. The molecule has 1 aromatic carbocycles. The largest absolute Gasteiger partial charge is 0.474 e. The zero-order valence-corrected chi connectivity index (χ0v) is 25.7. The third kappa shape index (κ3) is 6.95. The lowest BCUT2D eigenvalue weighted by atomic mass is 9.92. The van der Waals surface area contributed by atoms with Gasteiger partial charge in [-0.15, -0.1) is 0 Å². The number of alkyl carbamates (subject to hydrolysis) is 1. The van der Waals surface area contributed by atoms with Gasteiger partial charge in [-0.25, -0.2) is 18.6 Å². The summed E-state index contributed by atoms with van der Waals surface area (Å²) in [5, 5.41) is 2.71. The number of nitrogens with zero attached hydrogens (tertiary/aromatic N) is 6. The van der Waals surface area contributed by atoms with Gasteiger partial charge in [-0.1, -0.05) is 12.1 Å². The van der Waals surface area contributed by atoms with E-state index in [9.17, 15) is 18.4 Å². The first-order chi connectivity index (χ1) is 21.6. The van der Waals surface area contributed by atoms with Gasteiger partial charge in [0.25, 0.3) is 6.43 Å². The number of para-hydroxylation sites is 2. The molecule has 242 valence electrons. The number of imidazole rings is 1. The molecular formula is C31H39F2N7O5. The molecule has 0 unspecified atom stereocenters. The fraction of sp³-hybridized carbons (Fsp3) is 0.581. The number of benzene rings is 1. The highest BCUT2D eigenvalue weighted by atomic mass is 19.3. The lowest BCUT2D eigenvalue weighted by Crippen LogP contribution is -2.47. The van der Waals surface area contributed by atoms with E-state index in [1.807, 2.05) is 9.80 Å². The van der Waals surface area contributed by atoms with Crippen molar-refractivity contribution in [2.45, 2.75) is 83.1 Å². The maximum atomic E-state index is 14.2. The van der Waals surface area contributed by atoms with E-state index in [1.165, 1.54) is 4.57 Å². The minimum atomic E-state index is -2.81. The molecule has 3 fully saturated rings. The number of nitrogens with one attached hydrogen (secondary N) is 1. The molecule has 12 nitrogen and oxygen atoms in total. The van der Waals surface area contributed by atoms with E-state index in [-0.39, 0.29) is 23.9 Å². The maximum absolute atomic E-state index is 14.2. The van der Waals surface area contributed by atoms with Crippen molar-refractivity contribution in [1.82, 2.24) is 29.7 Å². The van der Waals surface area contributed by atoms with Gasteiger partial charge in [0.15, 0.2) is 5.82 Å². The molecule has 0 spiro atoms. The maximum Gasteiger partial charge on any atom is 0.408 e. The molecule has 2 saturated heterocycles. The monoisotopic (exact) mass is 627 g/mol. The van der Waals surface area contributed by atoms with Gasteiger partial charge in [0.1, 0.15) is 23.6 Å². The normalized spacial score (nSPS) is 22.7. The molecule has 0 radical (unpaired) electrons. The number of alkyl halides is 2. The Kier molecular flexibility index (Phi) is 8.76. The number of amides is 2. The van der Waals surface area contributed by atoms with E-state index in [2.05, 4.69) is 15.3 Å². The number of ether oxygens (including phenoxy) is 3. The Morgan fingerprint density at radius 1 is 1.02 bits per heavy atom. The Hall–Kier alpha value is -4.07. The summed E-state index contributed by atoms with van der Waals surface area (Å²) in [5.41, 5.74) is 0.315. The van der Waals surface area contributed by atoms with Crippen molar-refractivity contribution < 1.29 is 32.6 Å². The molecule has 3 aromatic rings. The summed E-state index contributed by atoms with van der Waals surface area (Å²) in [7, 11) is 0. The highest BCUT2D eigenvalue weighted by molar-refractivity contribution is 5.87. The van der Waals surface area contributed by atoms with E-state index in [4.69, 9.17) is 19.2 Å².